The summed E-state index contributed by atoms with van der Waals surface area (Å²) in [5, 5.41) is 2.92. The van der Waals surface area contributed by atoms with Crippen LogP contribution in [-0.2, 0) is 0 Å². The molecule has 0 aliphatic rings. The van der Waals surface area contributed by atoms with E-state index in [0.717, 1.165) is 6.92 Å². The number of aromatic nitrogens is 2. The summed E-state index contributed by atoms with van der Waals surface area (Å²) in [7, 11) is 0. The average molecular weight is 418 g/mol. The number of nitrogens with one attached hydrogen (secondary N) is 1. The predicted octanol–water partition coefficient (Wildman–Crippen LogP) is 3.82. The average Bonchev–Trinajstić information content (AvgIpc) is 2.74. The number of Topliss-reactive ketones (excluding diaryl/α,β-unsaturated/α-hetero) is 1. The molecule has 0 aliphatic carbocycles. The van der Waals surface area contributed by atoms with E-state index in [1.54, 1.807) is 47.0 Å². The minimum Gasteiger partial charge on any atom is -0.364 e. The van der Waals surface area contributed by atoms with Crippen molar-refractivity contribution in [1.82, 2.24) is 9.55 Å². The molecular weight excluding hydrogens is 399 g/mol. The number of nitrogens with zero attached hydrogens (tertiary/aromatic N) is 2. The molecule has 0 aliphatic heterocycles. The van der Waals surface area contributed by atoms with Gasteiger partial charge in [-0.15, -0.1) is 0 Å². The molecule has 4 aromatic rings. The van der Waals surface area contributed by atoms with Crippen molar-refractivity contribution in [3.63, 3.8) is 0 Å². The Bertz CT molecular complexity index is 1390. The van der Waals surface area contributed by atoms with Crippen molar-refractivity contribution in [2.45, 2.75) is 6.92 Å². The summed E-state index contributed by atoms with van der Waals surface area (Å²) in [6, 6.07) is 19.2. The van der Waals surface area contributed by atoms with Crippen LogP contribution in [-0.4, -0.2) is 21.2 Å². The molecule has 0 saturated heterocycles. The number of carbonyl (C=O) groups is 2. The van der Waals surface area contributed by atoms with Gasteiger partial charge in [-0.2, -0.15) is 0 Å². The van der Waals surface area contributed by atoms with Crippen LogP contribution in [0.4, 0.5) is 15.9 Å². The maximum atomic E-state index is 14.9. The van der Waals surface area contributed by atoms with Crippen LogP contribution in [0.2, 0.25) is 0 Å². The molecule has 0 spiro atoms. The van der Waals surface area contributed by atoms with Gasteiger partial charge in [0.2, 0.25) is 0 Å². The Kier molecular flexibility index (Phi) is 5.04. The van der Waals surface area contributed by atoms with Gasteiger partial charge in [-0.25, -0.2) is 9.37 Å². The summed E-state index contributed by atoms with van der Waals surface area (Å²) in [5.74, 6) is -2.74. The summed E-state index contributed by atoms with van der Waals surface area (Å²) >= 11 is 0. The standard InChI is InChI=1S/C23H17FN4O3.H2/c1-13(29)18-19-16(30)12-17(26-14-8-4-2-5-9-14)28(15-10-6-3-7-11-15)23(19)27-21(20(18)24)22(25)31;/h2-12,26H,1H3,(H2,25,31);1H. The van der Waals surface area contributed by atoms with Crippen molar-refractivity contribution >= 4 is 34.2 Å². The Morgan fingerprint density at radius 3 is 2.26 bits per heavy atom. The Morgan fingerprint density at radius 2 is 1.68 bits per heavy atom. The monoisotopic (exact) mass is 418 g/mol. The number of amides is 1. The zero-order valence-electron chi connectivity index (χ0n) is 16.4. The molecule has 0 atom stereocenters. The van der Waals surface area contributed by atoms with E-state index in [1.807, 2.05) is 18.2 Å². The first kappa shape index (κ1) is 20.0. The molecule has 0 bridgehead atoms. The lowest BCUT2D eigenvalue weighted by molar-refractivity contribution is 0.0991. The summed E-state index contributed by atoms with van der Waals surface area (Å²) in [6.07, 6.45) is 0. The highest BCUT2D eigenvalue weighted by atomic mass is 19.1. The van der Waals surface area contributed by atoms with Crippen molar-refractivity contribution in [3.8, 4) is 5.69 Å². The number of para-hydroxylation sites is 2. The number of pyridine rings is 2. The fraction of sp³-hybridized carbons (Fsp3) is 0.0435. The van der Waals surface area contributed by atoms with Crippen LogP contribution in [0.5, 0.6) is 0 Å². The van der Waals surface area contributed by atoms with Gasteiger partial charge < -0.3 is 11.1 Å². The first-order valence-corrected chi connectivity index (χ1v) is 9.36. The minimum absolute atomic E-state index is 0. The van der Waals surface area contributed by atoms with Crippen molar-refractivity contribution in [2.75, 3.05) is 5.32 Å². The summed E-state index contributed by atoms with van der Waals surface area (Å²) in [6.45, 7) is 1.12. The van der Waals surface area contributed by atoms with Gasteiger partial charge in [0.05, 0.1) is 10.9 Å². The second-order valence-corrected chi connectivity index (χ2v) is 6.82. The third-order valence-corrected chi connectivity index (χ3v) is 4.73. The van der Waals surface area contributed by atoms with Gasteiger partial charge in [0.1, 0.15) is 5.82 Å². The molecular formula is C23H19FN4O3. The van der Waals surface area contributed by atoms with Crippen molar-refractivity contribution in [2.24, 2.45) is 5.73 Å². The second-order valence-electron chi connectivity index (χ2n) is 6.82. The number of rotatable bonds is 5. The number of nitrogens with two attached hydrogens (primary N) is 1. The van der Waals surface area contributed by atoms with E-state index in [0.29, 0.717) is 17.2 Å². The Morgan fingerprint density at radius 1 is 1.06 bits per heavy atom. The van der Waals surface area contributed by atoms with Crippen LogP contribution >= 0.6 is 0 Å². The molecule has 0 fully saturated rings. The van der Waals surface area contributed by atoms with E-state index in [1.165, 1.54) is 6.07 Å². The predicted molar refractivity (Wildman–Crippen MR) is 118 cm³/mol. The van der Waals surface area contributed by atoms with Crippen LogP contribution in [0.15, 0.2) is 71.5 Å². The van der Waals surface area contributed by atoms with E-state index < -0.39 is 34.2 Å². The van der Waals surface area contributed by atoms with Crippen LogP contribution in [0.3, 0.4) is 0 Å². The van der Waals surface area contributed by atoms with Crippen LogP contribution in [0.25, 0.3) is 16.7 Å². The zero-order valence-corrected chi connectivity index (χ0v) is 16.4. The molecule has 0 saturated carbocycles. The molecule has 0 radical (unpaired) electrons. The van der Waals surface area contributed by atoms with Crippen LogP contribution in [0, 0.1) is 5.82 Å². The first-order valence-electron chi connectivity index (χ1n) is 9.36. The third-order valence-electron chi connectivity index (χ3n) is 4.73. The number of ketones is 1. The molecule has 7 nitrogen and oxygen atoms in total. The molecule has 4 rings (SSSR count). The van der Waals surface area contributed by atoms with Gasteiger partial charge in [0.15, 0.2) is 28.4 Å². The third kappa shape index (κ3) is 3.55. The molecule has 8 heteroatoms. The summed E-state index contributed by atoms with van der Waals surface area (Å²) in [4.78, 5) is 41.2. The molecule has 2 aromatic carbocycles. The lowest BCUT2D eigenvalue weighted by Crippen LogP contribution is -2.23. The lowest BCUT2D eigenvalue weighted by atomic mass is 10.0. The molecule has 1 amide bonds. The number of hydrogen-bond acceptors (Lipinski definition) is 5. The van der Waals surface area contributed by atoms with Crippen LogP contribution < -0.4 is 16.5 Å². The normalized spacial score (nSPS) is 10.8. The number of primary amides is 1. The minimum atomic E-state index is -1.20. The number of anilines is 2. The van der Waals surface area contributed by atoms with E-state index in [-0.39, 0.29) is 12.5 Å². The lowest BCUT2D eigenvalue weighted by Gasteiger charge is -2.19. The molecule has 156 valence electrons. The fourth-order valence-corrected chi connectivity index (χ4v) is 3.41. The molecule has 0 unspecified atom stereocenters. The van der Waals surface area contributed by atoms with Crippen molar-refractivity contribution < 1.29 is 15.4 Å². The Balaban J connectivity index is 0.00000289. The summed E-state index contributed by atoms with van der Waals surface area (Å²) < 4.78 is 16.5. The highest BCUT2D eigenvalue weighted by molar-refractivity contribution is 6.08. The van der Waals surface area contributed by atoms with Gasteiger partial charge >= 0.3 is 0 Å². The first-order chi connectivity index (χ1) is 14.9. The second kappa shape index (κ2) is 7.83. The smallest absolute Gasteiger partial charge is 0.270 e. The van der Waals surface area contributed by atoms with E-state index >= 15 is 0 Å². The highest BCUT2D eigenvalue weighted by Gasteiger charge is 2.26. The van der Waals surface area contributed by atoms with Gasteiger partial charge in [-0.1, -0.05) is 36.4 Å². The quantitative estimate of drug-likeness (QED) is 0.479. The van der Waals surface area contributed by atoms with E-state index in [4.69, 9.17) is 5.73 Å². The Hall–Kier alpha value is -4.33. The maximum absolute atomic E-state index is 14.9. The number of fused-ring (bicyclic) bond motifs is 1. The number of halogens is 1. The van der Waals surface area contributed by atoms with Gasteiger partial charge in [-0.3, -0.25) is 19.0 Å². The van der Waals surface area contributed by atoms with Gasteiger partial charge in [0, 0.05) is 18.9 Å². The SMILES string of the molecule is CC(=O)c1c(F)c(C(N)=O)nc2c1c(=O)cc(Nc1ccccc1)n2-c1ccccc1.[HH]. The van der Waals surface area contributed by atoms with Gasteiger partial charge in [0.25, 0.3) is 5.91 Å². The van der Waals surface area contributed by atoms with Crippen molar-refractivity contribution in [3.05, 3.63) is 94.0 Å². The molecule has 31 heavy (non-hydrogen) atoms. The number of hydrogen-bond donors (Lipinski definition) is 2. The molecule has 2 heterocycles. The molecule has 3 N–H and O–H groups in total. The topological polar surface area (TPSA) is 107 Å². The highest BCUT2D eigenvalue weighted by Crippen LogP contribution is 2.28. The van der Waals surface area contributed by atoms with E-state index in [2.05, 4.69) is 10.3 Å². The van der Waals surface area contributed by atoms with Gasteiger partial charge in [-0.05, 0) is 31.2 Å². The largest absolute Gasteiger partial charge is 0.364 e. The van der Waals surface area contributed by atoms with Crippen molar-refractivity contribution in [1.29, 1.82) is 0 Å². The Labute approximate surface area is 177 Å². The van der Waals surface area contributed by atoms with E-state index in [9.17, 15) is 18.8 Å². The van der Waals surface area contributed by atoms with Crippen LogP contribution in [0.1, 0.15) is 29.2 Å². The zero-order chi connectivity index (χ0) is 22.1. The maximum Gasteiger partial charge on any atom is 0.270 e. The molecule has 2 aromatic heterocycles. The number of carbonyl (C=O) groups excluding carboxylic acids is 2. The number of benzene rings is 2. The summed E-state index contributed by atoms with van der Waals surface area (Å²) in [5.41, 5.74) is 4.68. The fourth-order valence-electron chi connectivity index (χ4n) is 3.41.